The van der Waals surface area contributed by atoms with Gasteiger partial charge in [-0.2, -0.15) is 0 Å². The molecule has 0 saturated carbocycles. The zero-order valence-corrected chi connectivity index (χ0v) is 8.00. The van der Waals surface area contributed by atoms with Crippen LogP contribution in [0.15, 0.2) is 12.1 Å². The lowest BCUT2D eigenvalue weighted by atomic mass is 10.0. The Labute approximate surface area is 81.2 Å². The molecule has 74 valence electrons. The number of nitrogen functional groups attached to an aromatic ring is 1. The van der Waals surface area contributed by atoms with Crippen LogP contribution in [0, 0.1) is 29.4 Å². The predicted molar refractivity (Wildman–Crippen MR) is 53.6 cm³/mol. The molecule has 0 aliphatic heterocycles. The van der Waals surface area contributed by atoms with Crippen molar-refractivity contribution in [1.29, 1.82) is 5.41 Å². The second kappa shape index (κ2) is 3.45. The number of amidine groups is 1. The minimum atomic E-state index is -0.525. The molecule has 0 fully saturated rings. The molecule has 3 N–H and O–H groups in total. The van der Waals surface area contributed by atoms with E-state index in [9.17, 15) is 10.1 Å². The molecule has 0 saturated heterocycles. The normalized spacial score (nSPS) is 9.86. The maximum atomic E-state index is 10.6. The fraction of sp³-hybridized carbons (Fsp3) is 0.222. The van der Waals surface area contributed by atoms with Crippen molar-refractivity contribution >= 4 is 11.5 Å². The number of aryl methyl sites for hydroxylation is 2. The Balaban J connectivity index is 3.46. The Morgan fingerprint density at radius 2 is 1.93 bits per heavy atom. The molecular formula is C9H11N3O2. The van der Waals surface area contributed by atoms with Crippen LogP contribution in [0.5, 0.6) is 0 Å². The monoisotopic (exact) mass is 193 g/mol. The maximum Gasteiger partial charge on any atom is 0.280 e. The van der Waals surface area contributed by atoms with Crippen LogP contribution in [0.25, 0.3) is 0 Å². The maximum absolute atomic E-state index is 10.6. The number of hydrogen-bond acceptors (Lipinski definition) is 3. The fourth-order valence-electron chi connectivity index (χ4n) is 1.17. The lowest BCUT2D eigenvalue weighted by Gasteiger charge is -2.04. The molecule has 5 nitrogen and oxygen atoms in total. The molecule has 0 aliphatic carbocycles. The smallest absolute Gasteiger partial charge is 0.280 e. The van der Waals surface area contributed by atoms with E-state index in [1.165, 1.54) is 6.07 Å². The van der Waals surface area contributed by atoms with Gasteiger partial charge in [-0.25, -0.2) is 0 Å². The van der Waals surface area contributed by atoms with Crippen molar-refractivity contribution in [2.24, 2.45) is 5.73 Å². The lowest BCUT2D eigenvalue weighted by Crippen LogP contribution is -2.14. The molecule has 1 rings (SSSR count). The standard InChI is InChI=1S/C9H11N3O2/c1-5-3-7(9(10)11)8(12(13)14)4-6(5)2/h3-4H,1-2H3,(H3,10,11). The molecule has 0 aliphatic rings. The van der Waals surface area contributed by atoms with E-state index in [-0.39, 0.29) is 17.1 Å². The summed E-state index contributed by atoms with van der Waals surface area (Å²) in [5, 5.41) is 17.9. The van der Waals surface area contributed by atoms with Crippen LogP contribution in [0.2, 0.25) is 0 Å². The van der Waals surface area contributed by atoms with Gasteiger partial charge in [0.15, 0.2) is 0 Å². The van der Waals surface area contributed by atoms with Crippen LogP contribution in [0.3, 0.4) is 0 Å². The van der Waals surface area contributed by atoms with E-state index >= 15 is 0 Å². The zero-order chi connectivity index (χ0) is 10.9. The molecule has 0 spiro atoms. The van der Waals surface area contributed by atoms with Gasteiger partial charge in [0.25, 0.3) is 5.69 Å². The molecule has 0 radical (unpaired) electrons. The van der Waals surface area contributed by atoms with Crippen molar-refractivity contribution in [3.05, 3.63) is 38.9 Å². The van der Waals surface area contributed by atoms with Gasteiger partial charge in [0.2, 0.25) is 0 Å². The minimum Gasteiger partial charge on any atom is -0.383 e. The highest BCUT2D eigenvalue weighted by Crippen LogP contribution is 2.22. The van der Waals surface area contributed by atoms with Crippen molar-refractivity contribution in [2.45, 2.75) is 13.8 Å². The summed E-state index contributed by atoms with van der Waals surface area (Å²) >= 11 is 0. The molecule has 0 atom stereocenters. The highest BCUT2D eigenvalue weighted by atomic mass is 16.6. The third kappa shape index (κ3) is 1.71. The molecule has 0 amide bonds. The Morgan fingerprint density at radius 3 is 2.36 bits per heavy atom. The van der Waals surface area contributed by atoms with E-state index in [4.69, 9.17) is 11.1 Å². The second-order valence-electron chi connectivity index (χ2n) is 3.12. The Kier molecular flexibility index (Phi) is 2.51. The number of nitrogens with zero attached hydrogens (tertiary/aromatic N) is 1. The number of nitrogens with two attached hydrogens (primary N) is 1. The topological polar surface area (TPSA) is 93.0 Å². The van der Waals surface area contributed by atoms with E-state index in [0.717, 1.165) is 11.1 Å². The zero-order valence-electron chi connectivity index (χ0n) is 8.00. The Bertz CT molecular complexity index is 374. The van der Waals surface area contributed by atoms with Crippen LogP contribution < -0.4 is 5.73 Å². The first-order valence-electron chi connectivity index (χ1n) is 4.03. The Morgan fingerprint density at radius 1 is 1.43 bits per heavy atom. The average molecular weight is 193 g/mol. The fourth-order valence-corrected chi connectivity index (χ4v) is 1.17. The van der Waals surface area contributed by atoms with Gasteiger partial charge in [-0.1, -0.05) is 0 Å². The third-order valence-electron chi connectivity index (χ3n) is 2.10. The number of rotatable bonds is 2. The van der Waals surface area contributed by atoms with E-state index in [0.29, 0.717) is 0 Å². The quantitative estimate of drug-likeness (QED) is 0.322. The minimum absolute atomic E-state index is 0.111. The summed E-state index contributed by atoms with van der Waals surface area (Å²) in [6, 6.07) is 3.00. The summed E-state index contributed by atoms with van der Waals surface area (Å²) < 4.78 is 0. The van der Waals surface area contributed by atoms with Gasteiger partial charge >= 0.3 is 0 Å². The molecular weight excluding hydrogens is 182 g/mol. The predicted octanol–water partition coefficient (Wildman–Crippen LogP) is 1.50. The SMILES string of the molecule is Cc1cc(C(=N)N)c([N+](=O)[O-])cc1C. The van der Waals surface area contributed by atoms with Gasteiger partial charge in [0.1, 0.15) is 5.84 Å². The molecule has 0 aromatic heterocycles. The van der Waals surface area contributed by atoms with Crippen LogP contribution in [0.4, 0.5) is 5.69 Å². The van der Waals surface area contributed by atoms with Crippen molar-refractivity contribution in [3.8, 4) is 0 Å². The molecule has 0 unspecified atom stereocenters. The van der Waals surface area contributed by atoms with Gasteiger partial charge in [-0.15, -0.1) is 0 Å². The average Bonchev–Trinajstić information content (AvgIpc) is 2.08. The van der Waals surface area contributed by atoms with E-state index in [2.05, 4.69) is 0 Å². The van der Waals surface area contributed by atoms with Crippen LogP contribution in [-0.4, -0.2) is 10.8 Å². The van der Waals surface area contributed by atoms with Crippen LogP contribution >= 0.6 is 0 Å². The highest BCUT2D eigenvalue weighted by molar-refractivity contribution is 5.99. The van der Waals surface area contributed by atoms with E-state index in [1.54, 1.807) is 13.0 Å². The van der Waals surface area contributed by atoms with Crippen molar-refractivity contribution < 1.29 is 4.92 Å². The van der Waals surface area contributed by atoms with Gasteiger partial charge in [0, 0.05) is 6.07 Å². The first-order valence-corrected chi connectivity index (χ1v) is 4.03. The van der Waals surface area contributed by atoms with E-state index < -0.39 is 4.92 Å². The third-order valence-corrected chi connectivity index (χ3v) is 2.10. The molecule has 5 heteroatoms. The van der Waals surface area contributed by atoms with Crippen molar-refractivity contribution in [2.75, 3.05) is 0 Å². The van der Waals surface area contributed by atoms with Gasteiger partial charge in [-0.3, -0.25) is 15.5 Å². The number of nitro groups is 1. The molecule has 0 heterocycles. The first kappa shape index (κ1) is 10.2. The number of benzene rings is 1. The molecule has 0 bridgehead atoms. The number of nitro benzene ring substituents is 1. The number of nitrogens with one attached hydrogen (secondary N) is 1. The summed E-state index contributed by atoms with van der Waals surface area (Å²) in [6.45, 7) is 3.61. The highest BCUT2D eigenvalue weighted by Gasteiger charge is 2.16. The number of hydrogen-bond donors (Lipinski definition) is 2. The van der Waals surface area contributed by atoms with Crippen molar-refractivity contribution in [3.63, 3.8) is 0 Å². The largest absolute Gasteiger partial charge is 0.383 e. The van der Waals surface area contributed by atoms with Gasteiger partial charge < -0.3 is 5.73 Å². The van der Waals surface area contributed by atoms with Gasteiger partial charge in [0.05, 0.1) is 10.5 Å². The van der Waals surface area contributed by atoms with Crippen LogP contribution in [0.1, 0.15) is 16.7 Å². The van der Waals surface area contributed by atoms with E-state index in [1.807, 2.05) is 6.92 Å². The summed E-state index contributed by atoms with van der Waals surface area (Å²) in [7, 11) is 0. The summed E-state index contributed by atoms with van der Waals surface area (Å²) in [5.41, 5.74) is 7.03. The lowest BCUT2D eigenvalue weighted by molar-refractivity contribution is -0.385. The van der Waals surface area contributed by atoms with Crippen molar-refractivity contribution in [1.82, 2.24) is 0 Å². The molecule has 1 aromatic rings. The Hall–Kier alpha value is -1.91. The second-order valence-corrected chi connectivity index (χ2v) is 3.12. The summed E-state index contributed by atoms with van der Waals surface area (Å²) in [6.07, 6.45) is 0. The molecule has 14 heavy (non-hydrogen) atoms. The van der Waals surface area contributed by atoms with Gasteiger partial charge in [-0.05, 0) is 31.0 Å². The summed E-state index contributed by atoms with van der Waals surface area (Å²) in [4.78, 5) is 10.1. The molecule has 1 aromatic carbocycles. The summed E-state index contributed by atoms with van der Waals surface area (Å²) in [5.74, 6) is -0.278. The van der Waals surface area contributed by atoms with Crippen LogP contribution in [-0.2, 0) is 0 Å². The first-order chi connectivity index (χ1) is 6.43.